The lowest BCUT2D eigenvalue weighted by atomic mass is 9.88. The smallest absolute Gasteiger partial charge is 0.344 e. The largest absolute Gasteiger partial charge is 0.497 e. The van der Waals surface area contributed by atoms with Crippen molar-refractivity contribution in [2.75, 3.05) is 12.4 Å². The molecule has 1 aliphatic heterocycles. The molecule has 2 atom stereocenters. The summed E-state index contributed by atoms with van der Waals surface area (Å²) < 4.78 is 22.8. The second-order valence-electron chi connectivity index (χ2n) is 8.60. The number of para-hydroxylation sites is 1. The van der Waals surface area contributed by atoms with Crippen LogP contribution in [0.3, 0.4) is 0 Å². The number of carbonyl (C=O) groups is 1. The third kappa shape index (κ3) is 4.33. The lowest BCUT2D eigenvalue weighted by Gasteiger charge is -2.19. The maximum Gasteiger partial charge on any atom is 0.344 e. The number of benzene rings is 3. The Labute approximate surface area is 202 Å². The van der Waals surface area contributed by atoms with Crippen molar-refractivity contribution in [2.45, 2.75) is 32.0 Å². The molecule has 0 saturated carbocycles. The fourth-order valence-corrected chi connectivity index (χ4v) is 4.34. The molecule has 35 heavy (non-hydrogen) atoms. The molecule has 0 radical (unpaired) electrons. The van der Waals surface area contributed by atoms with Crippen molar-refractivity contribution in [1.82, 2.24) is 0 Å². The van der Waals surface area contributed by atoms with Gasteiger partial charge in [0, 0.05) is 5.69 Å². The summed E-state index contributed by atoms with van der Waals surface area (Å²) >= 11 is 0. The number of fused-ring (bicyclic) bond motifs is 3. The molecule has 1 N–H and O–H groups in total. The van der Waals surface area contributed by atoms with E-state index in [4.69, 9.17) is 18.6 Å². The molecular formula is C28H25NO6. The van der Waals surface area contributed by atoms with Crippen molar-refractivity contribution >= 4 is 22.6 Å². The van der Waals surface area contributed by atoms with Gasteiger partial charge >= 0.3 is 5.63 Å². The van der Waals surface area contributed by atoms with Crippen LogP contribution in [-0.2, 0) is 4.79 Å². The van der Waals surface area contributed by atoms with Crippen molar-refractivity contribution in [3.63, 3.8) is 0 Å². The summed E-state index contributed by atoms with van der Waals surface area (Å²) in [5.41, 5.74) is 1.55. The van der Waals surface area contributed by atoms with Crippen LogP contribution in [-0.4, -0.2) is 25.2 Å². The van der Waals surface area contributed by atoms with Gasteiger partial charge < -0.3 is 23.9 Å². The Kier molecular flexibility index (Phi) is 5.91. The molecule has 2 heterocycles. The van der Waals surface area contributed by atoms with Gasteiger partial charge in [0.05, 0.1) is 30.1 Å². The summed E-state index contributed by atoms with van der Waals surface area (Å²) in [5, 5.41) is 3.54. The van der Waals surface area contributed by atoms with Crippen LogP contribution in [0.15, 0.2) is 82.0 Å². The van der Waals surface area contributed by atoms with Gasteiger partial charge in [-0.1, -0.05) is 24.3 Å². The molecule has 0 aliphatic carbocycles. The third-order valence-corrected chi connectivity index (χ3v) is 5.88. The molecule has 5 rings (SSSR count). The van der Waals surface area contributed by atoms with Crippen molar-refractivity contribution in [1.29, 1.82) is 0 Å². The van der Waals surface area contributed by atoms with Gasteiger partial charge in [-0.3, -0.25) is 4.79 Å². The van der Waals surface area contributed by atoms with E-state index in [0.717, 1.165) is 5.56 Å². The van der Waals surface area contributed by atoms with E-state index in [1.54, 1.807) is 43.5 Å². The van der Waals surface area contributed by atoms with Crippen LogP contribution in [0.25, 0.3) is 11.0 Å². The number of ether oxygens (including phenoxy) is 3. The number of nitrogens with one attached hydrogen (secondary N) is 1. The zero-order valence-corrected chi connectivity index (χ0v) is 19.6. The molecule has 0 fully saturated rings. The highest BCUT2D eigenvalue weighted by molar-refractivity contribution is 5.97. The van der Waals surface area contributed by atoms with E-state index in [1.165, 1.54) is 0 Å². The molecular weight excluding hydrogens is 446 g/mol. The third-order valence-electron chi connectivity index (χ3n) is 5.88. The number of amides is 1. The van der Waals surface area contributed by atoms with Crippen LogP contribution in [0.5, 0.6) is 17.2 Å². The molecule has 7 heteroatoms. The number of hydrogen-bond donors (Lipinski definition) is 1. The molecule has 1 aliphatic rings. The van der Waals surface area contributed by atoms with Gasteiger partial charge in [0.1, 0.15) is 22.8 Å². The Morgan fingerprint density at radius 3 is 2.31 bits per heavy atom. The minimum Gasteiger partial charge on any atom is -0.497 e. The molecule has 0 bridgehead atoms. The summed E-state index contributed by atoms with van der Waals surface area (Å²) in [4.78, 5) is 26.6. The highest BCUT2D eigenvalue weighted by atomic mass is 16.5. The first-order valence-corrected chi connectivity index (χ1v) is 11.4. The summed E-state index contributed by atoms with van der Waals surface area (Å²) in [6.45, 7) is 3.90. The van der Waals surface area contributed by atoms with Crippen molar-refractivity contribution in [2.24, 2.45) is 0 Å². The van der Waals surface area contributed by atoms with E-state index in [-0.39, 0.29) is 12.0 Å². The summed E-state index contributed by atoms with van der Waals surface area (Å²) in [6, 6.07) is 21.5. The van der Waals surface area contributed by atoms with E-state index < -0.39 is 17.6 Å². The number of hydrogen-bond acceptors (Lipinski definition) is 6. The SMILES string of the molecule is COc1ccc(NC(=O)[C@@H]2Oc3c(c(=O)oc4ccccc34)[C@@H]2c2ccc(OC(C)C)cc2)cc1. The first-order chi connectivity index (χ1) is 16.9. The summed E-state index contributed by atoms with van der Waals surface area (Å²) in [6.07, 6.45) is -0.949. The van der Waals surface area contributed by atoms with Crippen LogP contribution in [0, 0.1) is 0 Å². The Bertz CT molecular complexity index is 1420. The zero-order chi connectivity index (χ0) is 24.5. The maximum absolute atomic E-state index is 13.5. The lowest BCUT2D eigenvalue weighted by Crippen LogP contribution is -2.35. The average molecular weight is 472 g/mol. The predicted molar refractivity (Wildman–Crippen MR) is 133 cm³/mol. The van der Waals surface area contributed by atoms with Gasteiger partial charge in [0.2, 0.25) is 0 Å². The van der Waals surface area contributed by atoms with Gasteiger partial charge in [-0.2, -0.15) is 0 Å². The molecule has 7 nitrogen and oxygen atoms in total. The average Bonchev–Trinajstić information content (AvgIpc) is 3.27. The van der Waals surface area contributed by atoms with E-state index in [9.17, 15) is 9.59 Å². The molecule has 0 spiro atoms. The number of methoxy groups -OCH3 is 1. The van der Waals surface area contributed by atoms with Crippen LogP contribution in [0.1, 0.15) is 30.9 Å². The fourth-order valence-electron chi connectivity index (χ4n) is 4.34. The summed E-state index contributed by atoms with van der Waals surface area (Å²) in [5.74, 6) is 0.727. The van der Waals surface area contributed by atoms with Crippen LogP contribution >= 0.6 is 0 Å². The van der Waals surface area contributed by atoms with Gasteiger partial charge in [-0.05, 0) is 67.9 Å². The van der Waals surface area contributed by atoms with Crippen molar-refractivity contribution in [3.8, 4) is 17.2 Å². The molecule has 3 aromatic carbocycles. The standard InChI is InChI=1S/C28H25NO6/c1-16(2)33-20-12-8-17(9-13-20)23-24-25(21-6-4-5-7-22(21)34-28(24)31)35-26(23)27(30)29-18-10-14-19(32-3)15-11-18/h4-16,23,26H,1-3H3,(H,29,30)/t23-,26+/m0/s1. The molecule has 1 amide bonds. The van der Waals surface area contributed by atoms with E-state index >= 15 is 0 Å². The zero-order valence-electron chi connectivity index (χ0n) is 19.6. The first-order valence-electron chi connectivity index (χ1n) is 11.4. The quantitative estimate of drug-likeness (QED) is 0.393. The summed E-state index contributed by atoms with van der Waals surface area (Å²) in [7, 11) is 1.58. The number of carbonyl (C=O) groups excluding carboxylic acids is 1. The first kappa shape index (κ1) is 22.5. The van der Waals surface area contributed by atoms with Gasteiger partial charge in [0.25, 0.3) is 5.91 Å². The lowest BCUT2D eigenvalue weighted by molar-refractivity contribution is -0.122. The Hall–Kier alpha value is -4.26. The molecule has 4 aromatic rings. The van der Waals surface area contributed by atoms with Gasteiger partial charge in [0.15, 0.2) is 6.10 Å². The highest BCUT2D eigenvalue weighted by Gasteiger charge is 2.44. The highest BCUT2D eigenvalue weighted by Crippen LogP contribution is 2.44. The van der Waals surface area contributed by atoms with Crippen molar-refractivity contribution in [3.05, 3.63) is 94.3 Å². The van der Waals surface area contributed by atoms with E-state index in [0.29, 0.717) is 39.5 Å². The number of anilines is 1. The van der Waals surface area contributed by atoms with Crippen LogP contribution in [0.4, 0.5) is 5.69 Å². The Morgan fingerprint density at radius 2 is 1.63 bits per heavy atom. The van der Waals surface area contributed by atoms with Crippen LogP contribution < -0.4 is 25.2 Å². The van der Waals surface area contributed by atoms with Gasteiger partial charge in [-0.15, -0.1) is 0 Å². The van der Waals surface area contributed by atoms with Crippen LogP contribution in [0.2, 0.25) is 0 Å². The fraction of sp³-hybridized carbons (Fsp3) is 0.214. The van der Waals surface area contributed by atoms with Crippen molar-refractivity contribution < 1.29 is 23.4 Å². The molecule has 0 saturated heterocycles. The second-order valence-corrected chi connectivity index (χ2v) is 8.60. The predicted octanol–water partition coefficient (Wildman–Crippen LogP) is 5.12. The van der Waals surface area contributed by atoms with Gasteiger partial charge in [-0.25, -0.2) is 4.79 Å². The Morgan fingerprint density at radius 1 is 0.943 bits per heavy atom. The second kappa shape index (κ2) is 9.18. The van der Waals surface area contributed by atoms with E-state index in [1.807, 2.05) is 50.2 Å². The topological polar surface area (TPSA) is 87.0 Å². The minimum absolute atomic E-state index is 0.0258. The Balaban J connectivity index is 1.56. The monoisotopic (exact) mass is 471 g/mol. The molecule has 0 unspecified atom stereocenters. The molecule has 1 aromatic heterocycles. The normalized spacial score (nSPS) is 16.6. The molecule has 178 valence electrons. The number of rotatable bonds is 6. The maximum atomic E-state index is 13.5. The minimum atomic E-state index is -0.974. The van der Waals surface area contributed by atoms with E-state index in [2.05, 4.69) is 5.32 Å².